The Kier molecular flexibility index (Phi) is 4.83. The molecule has 0 saturated carbocycles. The quantitative estimate of drug-likeness (QED) is 0.655. The van der Waals surface area contributed by atoms with E-state index in [0.29, 0.717) is 0 Å². The van der Waals surface area contributed by atoms with Gasteiger partial charge in [0.25, 0.3) is 0 Å². The van der Waals surface area contributed by atoms with Gasteiger partial charge in [0.05, 0.1) is 20.3 Å². The van der Waals surface area contributed by atoms with Crippen LogP contribution in [-0.2, 0) is 0 Å². The fourth-order valence-corrected chi connectivity index (χ4v) is 2.62. The van der Waals surface area contributed by atoms with Gasteiger partial charge in [-0.3, -0.25) is 5.84 Å². The zero-order valence-corrected chi connectivity index (χ0v) is 12.9. The Morgan fingerprint density at radius 1 is 1.00 bits per heavy atom. The molecule has 21 heavy (non-hydrogen) atoms. The van der Waals surface area contributed by atoms with Gasteiger partial charge >= 0.3 is 0 Å². The number of ether oxygens (including phenoxy) is 2. The lowest BCUT2D eigenvalue weighted by atomic mass is 9.93. The third-order valence-electron chi connectivity index (χ3n) is 3.62. The fraction of sp³-hybridized carbons (Fsp3) is 0.294. The molecule has 0 bridgehead atoms. The standard InChI is InChI=1S/C17H22N2O2/c1-11-9-12(2)16(15(10-11)21-4)17(19-18)13-5-7-14(20-3)8-6-13/h5-10,17,19H,18H2,1-4H3. The molecule has 2 aromatic carbocycles. The van der Waals surface area contributed by atoms with Crippen LogP contribution in [0.2, 0.25) is 0 Å². The second kappa shape index (κ2) is 6.61. The van der Waals surface area contributed by atoms with E-state index in [1.54, 1.807) is 14.2 Å². The number of hydrogen-bond acceptors (Lipinski definition) is 4. The molecule has 4 heteroatoms. The van der Waals surface area contributed by atoms with Crippen LogP contribution >= 0.6 is 0 Å². The van der Waals surface area contributed by atoms with E-state index in [1.807, 2.05) is 30.3 Å². The Morgan fingerprint density at radius 3 is 2.19 bits per heavy atom. The van der Waals surface area contributed by atoms with Crippen molar-refractivity contribution >= 4 is 0 Å². The summed E-state index contributed by atoms with van der Waals surface area (Å²) in [5, 5.41) is 0. The van der Waals surface area contributed by atoms with Crippen molar-refractivity contribution in [2.75, 3.05) is 14.2 Å². The lowest BCUT2D eigenvalue weighted by Crippen LogP contribution is -2.29. The van der Waals surface area contributed by atoms with E-state index in [1.165, 1.54) is 5.56 Å². The molecule has 0 fully saturated rings. The topological polar surface area (TPSA) is 56.5 Å². The number of methoxy groups -OCH3 is 2. The number of aryl methyl sites for hydroxylation is 2. The third-order valence-corrected chi connectivity index (χ3v) is 3.62. The Labute approximate surface area is 125 Å². The summed E-state index contributed by atoms with van der Waals surface area (Å²) in [6.45, 7) is 4.12. The number of nitrogens with two attached hydrogens (primary N) is 1. The van der Waals surface area contributed by atoms with Crippen molar-refractivity contribution in [2.45, 2.75) is 19.9 Å². The minimum Gasteiger partial charge on any atom is -0.497 e. The Morgan fingerprint density at radius 2 is 1.67 bits per heavy atom. The van der Waals surface area contributed by atoms with Gasteiger partial charge in [0.2, 0.25) is 0 Å². The number of hydrogen-bond donors (Lipinski definition) is 2. The molecule has 0 spiro atoms. The van der Waals surface area contributed by atoms with Crippen LogP contribution in [0.5, 0.6) is 11.5 Å². The smallest absolute Gasteiger partial charge is 0.124 e. The van der Waals surface area contributed by atoms with E-state index >= 15 is 0 Å². The minimum absolute atomic E-state index is 0.133. The minimum atomic E-state index is -0.133. The van der Waals surface area contributed by atoms with Crippen LogP contribution in [0.3, 0.4) is 0 Å². The summed E-state index contributed by atoms with van der Waals surface area (Å²) >= 11 is 0. The van der Waals surface area contributed by atoms with E-state index in [0.717, 1.165) is 28.2 Å². The van der Waals surface area contributed by atoms with Crippen molar-refractivity contribution in [2.24, 2.45) is 5.84 Å². The van der Waals surface area contributed by atoms with Gasteiger partial charge in [-0.25, -0.2) is 5.43 Å². The molecule has 0 amide bonds. The number of hydrazine groups is 1. The first-order valence-electron chi connectivity index (χ1n) is 6.86. The normalized spacial score (nSPS) is 12.0. The molecular weight excluding hydrogens is 264 g/mol. The lowest BCUT2D eigenvalue weighted by molar-refractivity contribution is 0.403. The zero-order valence-electron chi connectivity index (χ0n) is 12.9. The van der Waals surface area contributed by atoms with Gasteiger partial charge in [-0.2, -0.15) is 0 Å². The first kappa shape index (κ1) is 15.4. The van der Waals surface area contributed by atoms with E-state index < -0.39 is 0 Å². The molecule has 0 aliphatic carbocycles. The summed E-state index contributed by atoms with van der Waals surface area (Å²) in [7, 11) is 3.33. The molecule has 1 atom stereocenters. The molecule has 2 aromatic rings. The first-order chi connectivity index (χ1) is 10.1. The molecule has 3 N–H and O–H groups in total. The maximum atomic E-state index is 5.80. The van der Waals surface area contributed by atoms with Gasteiger partial charge in [-0.15, -0.1) is 0 Å². The largest absolute Gasteiger partial charge is 0.497 e. The van der Waals surface area contributed by atoms with E-state index in [4.69, 9.17) is 15.3 Å². The van der Waals surface area contributed by atoms with Gasteiger partial charge < -0.3 is 9.47 Å². The second-order valence-electron chi connectivity index (χ2n) is 5.07. The summed E-state index contributed by atoms with van der Waals surface area (Å²) in [6.07, 6.45) is 0. The molecule has 0 radical (unpaired) electrons. The Bertz CT molecular complexity index is 609. The summed E-state index contributed by atoms with van der Waals surface area (Å²) in [4.78, 5) is 0. The van der Waals surface area contributed by atoms with Crippen LogP contribution in [0, 0.1) is 13.8 Å². The average molecular weight is 286 g/mol. The maximum Gasteiger partial charge on any atom is 0.124 e. The van der Waals surface area contributed by atoms with Crippen molar-refractivity contribution in [1.29, 1.82) is 0 Å². The van der Waals surface area contributed by atoms with Crippen LogP contribution in [0.4, 0.5) is 0 Å². The molecule has 0 aliphatic rings. The summed E-state index contributed by atoms with van der Waals surface area (Å²) in [6, 6.07) is 11.9. The molecular formula is C17H22N2O2. The van der Waals surface area contributed by atoms with Gasteiger partial charge in [0.1, 0.15) is 11.5 Å². The Balaban J connectivity index is 2.50. The fourth-order valence-electron chi connectivity index (χ4n) is 2.62. The Hall–Kier alpha value is -2.04. The van der Waals surface area contributed by atoms with Crippen molar-refractivity contribution < 1.29 is 9.47 Å². The lowest BCUT2D eigenvalue weighted by Gasteiger charge is -2.22. The van der Waals surface area contributed by atoms with Crippen LogP contribution in [0.1, 0.15) is 28.3 Å². The molecule has 112 valence electrons. The molecule has 4 nitrogen and oxygen atoms in total. The average Bonchev–Trinajstić information content (AvgIpc) is 2.50. The van der Waals surface area contributed by atoms with Crippen LogP contribution in [-0.4, -0.2) is 14.2 Å². The van der Waals surface area contributed by atoms with Gasteiger partial charge in [-0.1, -0.05) is 18.2 Å². The first-order valence-corrected chi connectivity index (χ1v) is 6.86. The summed E-state index contributed by atoms with van der Waals surface area (Å²) < 4.78 is 10.7. The molecule has 0 aliphatic heterocycles. The molecule has 0 saturated heterocycles. The van der Waals surface area contributed by atoms with E-state index in [9.17, 15) is 0 Å². The summed E-state index contributed by atoms with van der Waals surface area (Å²) in [5.41, 5.74) is 7.31. The number of benzene rings is 2. The monoisotopic (exact) mass is 286 g/mol. The van der Waals surface area contributed by atoms with Gasteiger partial charge in [0.15, 0.2) is 0 Å². The predicted octanol–water partition coefficient (Wildman–Crippen LogP) is 2.87. The van der Waals surface area contributed by atoms with Crippen molar-refractivity contribution in [1.82, 2.24) is 5.43 Å². The summed E-state index contributed by atoms with van der Waals surface area (Å²) in [5.74, 6) is 7.46. The third kappa shape index (κ3) is 3.17. The zero-order chi connectivity index (χ0) is 15.4. The highest BCUT2D eigenvalue weighted by atomic mass is 16.5. The van der Waals surface area contributed by atoms with Crippen LogP contribution < -0.4 is 20.7 Å². The number of nitrogens with one attached hydrogen (secondary N) is 1. The van der Waals surface area contributed by atoms with E-state index in [-0.39, 0.29) is 6.04 Å². The molecule has 0 heterocycles. The number of rotatable bonds is 5. The van der Waals surface area contributed by atoms with E-state index in [2.05, 4.69) is 25.3 Å². The van der Waals surface area contributed by atoms with Gasteiger partial charge in [0, 0.05) is 5.56 Å². The highest BCUT2D eigenvalue weighted by Gasteiger charge is 2.19. The predicted molar refractivity (Wildman–Crippen MR) is 84.6 cm³/mol. The SMILES string of the molecule is COc1ccc(C(NN)c2c(C)cc(C)cc2OC)cc1. The van der Waals surface area contributed by atoms with Crippen LogP contribution in [0.25, 0.3) is 0 Å². The molecule has 1 unspecified atom stereocenters. The van der Waals surface area contributed by atoms with Crippen molar-refractivity contribution in [3.63, 3.8) is 0 Å². The van der Waals surface area contributed by atoms with Crippen LogP contribution in [0.15, 0.2) is 36.4 Å². The maximum absolute atomic E-state index is 5.80. The second-order valence-corrected chi connectivity index (χ2v) is 5.07. The highest BCUT2D eigenvalue weighted by Crippen LogP contribution is 2.34. The van der Waals surface area contributed by atoms with Crippen molar-refractivity contribution in [3.05, 3.63) is 58.7 Å². The molecule has 2 rings (SSSR count). The van der Waals surface area contributed by atoms with Gasteiger partial charge in [-0.05, 0) is 48.7 Å². The van der Waals surface area contributed by atoms with Crippen molar-refractivity contribution in [3.8, 4) is 11.5 Å². The molecule has 0 aromatic heterocycles. The highest BCUT2D eigenvalue weighted by molar-refractivity contribution is 5.49.